The minimum Gasteiger partial charge on any atom is -0.355 e. The number of fused-ring (bicyclic) bond motifs is 1. The summed E-state index contributed by atoms with van der Waals surface area (Å²) in [6.07, 6.45) is 15.0. The summed E-state index contributed by atoms with van der Waals surface area (Å²) in [6, 6.07) is 12.1. The second-order valence-electron chi connectivity index (χ2n) is 10.4. The van der Waals surface area contributed by atoms with Gasteiger partial charge >= 0.3 is 0 Å². The van der Waals surface area contributed by atoms with E-state index in [2.05, 4.69) is 52.6 Å². The molecule has 2 aliphatic rings. The number of allylic oxidation sites excluding steroid dienone is 1. The summed E-state index contributed by atoms with van der Waals surface area (Å²) >= 11 is 0. The summed E-state index contributed by atoms with van der Waals surface area (Å²) in [5, 5.41) is 6.83. The van der Waals surface area contributed by atoms with Crippen LogP contribution in [0.2, 0.25) is 0 Å². The average Bonchev–Trinajstić information content (AvgIpc) is 3.61. The topological polar surface area (TPSA) is 83.3 Å². The number of anilines is 5. The Labute approximate surface area is 211 Å². The number of aromatic nitrogens is 5. The van der Waals surface area contributed by atoms with E-state index in [0.717, 1.165) is 60.4 Å². The second kappa shape index (κ2) is 9.26. The summed E-state index contributed by atoms with van der Waals surface area (Å²) in [6.45, 7) is 6.38. The van der Waals surface area contributed by atoms with E-state index in [1.807, 2.05) is 47.1 Å². The van der Waals surface area contributed by atoms with Crippen molar-refractivity contribution >= 4 is 34.7 Å². The molecule has 6 rings (SSSR count). The van der Waals surface area contributed by atoms with Gasteiger partial charge < -0.3 is 19.9 Å². The molecule has 1 aliphatic heterocycles. The van der Waals surface area contributed by atoms with Crippen molar-refractivity contribution in [3.63, 3.8) is 0 Å². The fourth-order valence-electron chi connectivity index (χ4n) is 5.27. The fourth-order valence-corrected chi connectivity index (χ4v) is 5.27. The van der Waals surface area contributed by atoms with Crippen LogP contribution in [0.5, 0.6) is 0 Å². The van der Waals surface area contributed by atoms with E-state index in [9.17, 15) is 0 Å². The Kier molecular flexibility index (Phi) is 5.79. The normalized spacial score (nSPS) is 19.1. The van der Waals surface area contributed by atoms with Gasteiger partial charge in [0.15, 0.2) is 0 Å². The lowest BCUT2D eigenvalue weighted by atomic mass is 9.87. The average molecular weight is 481 g/mol. The first-order valence-corrected chi connectivity index (χ1v) is 12.8. The Morgan fingerprint density at radius 2 is 1.94 bits per heavy atom. The molecule has 4 aromatic heterocycles. The van der Waals surface area contributed by atoms with Crippen molar-refractivity contribution in [3.05, 3.63) is 72.8 Å². The van der Waals surface area contributed by atoms with Gasteiger partial charge in [-0.15, -0.1) is 0 Å². The van der Waals surface area contributed by atoms with Crippen LogP contribution in [-0.4, -0.2) is 37.4 Å². The number of imidazole rings is 1. The van der Waals surface area contributed by atoms with Gasteiger partial charge in [0.2, 0.25) is 5.95 Å². The zero-order valence-corrected chi connectivity index (χ0v) is 20.9. The van der Waals surface area contributed by atoms with Gasteiger partial charge in [-0.05, 0) is 49.8 Å². The van der Waals surface area contributed by atoms with Crippen LogP contribution in [0, 0.1) is 11.3 Å². The SMILES string of the molecule is CC(C)Cc1cccc(Nc2nc(Nc3ccn4ccnc4c3)cc(N3CCC4(C=CCC4)C3)n2)n1. The zero-order chi connectivity index (χ0) is 24.5. The molecule has 0 amide bonds. The van der Waals surface area contributed by atoms with Crippen molar-refractivity contribution in [1.82, 2.24) is 24.3 Å². The maximum Gasteiger partial charge on any atom is 0.232 e. The standard InChI is InChI=1S/C28H32N8/c1-20(2)16-21-6-5-7-23(30-21)32-27-33-24(31-22-8-13-35-15-12-29-25(35)17-22)18-26(34-27)36-14-11-28(19-36)9-3-4-10-28/h3,5-9,12-13,15,17-18,20H,4,10-11,14,16,19H2,1-2H3,(H2,30,31,32,33,34). The Morgan fingerprint density at radius 3 is 2.81 bits per heavy atom. The van der Waals surface area contributed by atoms with E-state index in [-0.39, 0.29) is 5.41 Å². The van der Waals surface area contributed by atoms with Crippen LogP contribution in [0.25, 0.3) is 5.65 Å². The first kappa shape index (κ1) is 22.5. The molecule has 4 aromatic rings. The molecule has 0 saturated carbocycles. The van der Waals surface area contributed by atoms with E-state index in [1.165, 1.54) is 12.8 Å². The molecule has 1 atom stereocenters. The summed E-state index contributed by atoms with van der Waals surface area (Å²) in [5.74, 6) is 3.50. The van der Waals surface area contributed by atoms with Crippen LogP contribution in [0.4, 0.5) is 29.1 Å². The van der Waals surface area contributed by atoms with Crippen molar-refractivity contribution in [1.29, 1.82) is 0 Å². The third-order valence-corrected chi connectivity index (χ3v) is 7.04. The summed E-state index contributed by atoms with van der Waals surface area (Å²) < 4.78 is 1.98. The number of hydrogen-bond donors (Lipinski definition) is 2. The van der Waals surface area contributed by atoms with Gasteiger partial charge in [-0.2, -0.15) is 9.97 Å². The van der Waals surface area contributed by atoms with E-state index >= 15 is 0 Å². The van der Waals surface area contributed by atoms with Gasteiger partial charge in [-0.25, -0.2) is 9.97 Å². The second-order valence-corrected chi connectivity index (χ2v) is 10.4. The lowest BCUT2D eigenvalue weighted by Gasteiger charge is -2.23. The minimum absolute atomic E-state index is 0.282. The van der Waals surface area contributed by atoms with E-state index in [1.54, 1.807) is 6.20 Å². The number of pyridine rings is 2. The molecule has 0 radical (unpaired) electrons. The van der Waals surface area contributed by atoms with Crippen molar-refractivity contribution in [2.45, 2.75) is 39.5 Å². The van der Waals surface area contributed by atoms with Gasteiger partial charge in [0.1, 0.15) is 23.1 Å². The molecule has 1 aliphatic carbocycles. The maximum absolute atomic E-state index is 4.92. The zero-order valence-electron chi connectivity index (χ0n) is 20.9. The lowest BCUT2D eigenvalue weighted by molar-refractivity contribution is 0.423. The van der Waals surface area contributed by atoms with Crippen LogP contribution >= 0.6 is 0 Å². The molecule has 0 aromatic carbocycles. The third kappa shape index (κ3) is 4.76. The smallest absolute Gasteiger partial charge is 0.232 e. The molecule has 184 valence electrons. The molecule has 1 spiro atoms. The van der Waals surface area contributed by atoms with Crippen LogP contribution in [0.1, 0.15) is 38.8 Å². The minimum atomic E-state index is 0.282. The Hall–Kier alpha value is -3.94. The summed E-state index contributed by atoms with van der Waals surface area (Å²) in [5.41, 5.74) is 3.16. The lowest BCUT2D eigenvalue weighted by Crippen LogP contribution is -2.25. The fraction of sp³-hybridized carbons (Fsp3) is 0.357. The number of nitrogens with zero attached hydrogens (tertiary/aromatic N) is 6. The predicted octanol–water partition coefficient (Wildman–Crippen LogP) is 5.75. The molecule has 0 bridgehead atoms. The van der Waals surface area contributed by atoms with Crippen molar-refractivity contribution in [2.75, 3.05) is 28.6 Å². The highest BCUT2D eigenvalue weighted by Crippen LogP contribution is 2.42. The molecule has 1 saturated heterocycles. The Balaban J connectivity index is 1.31. The molecule has 1 fully saturated rings. The predicted molar refractivity (Wildman–Crippen MR) is 144 cm³/mol. The highest BCUT2D eigenvalue weighted by Gasteiger charge is 2.38. The van der Waals surface area contributed by atoms with E-state index in [4.69, 9.17) is 15.0 Å². The third-order valence-electron chi connectivity index (χ3n) is 7.04. The molecule has 8 nitrogen and oxygen atoms in total. The van der Waals surface area contributed by atoms with Gasteiger partial charge in [0, 0.05) is 60.6 Å². The first-order valence-electron chi connectivity index (χ1n) is 12.8. The van der Waals surface area contributed by atoms with Gasteiger partial charge in [-0.1, -0.05) is 32.1 Å². The van der Waals surface area contributed by atoms with Crippen LogP contribution in [0.15, 0.2) is 67.1 Å². The largest absolute Gasteiger partial charge is 0.355 e. The molecule has 5 heterocycles. The Morgan fingerprint density at radius 1 is 1.00 bits per heavy atom. The molecule has 36 heavy (non-hydrogen) atoms. The highest BCUT2D eigenvalue weighted by molar-refractivity contribution is 5.66. The first-order chi connectivity index (χ1) is 17.5. The molecule has 8 heteroatoms. The molecular weight excluding hydrogens is 448 g/mol. The molecule has 1 unspecified atom stereocenters. The number of hydrogen-bond acceptors (Lipinski definition) is 7. The van der Waals surface area contributed by atoms with Crippen molar-refractivity contribution in [3.8, 4) is 0 Å². The van der Waals surface area contributed by atoms with Crippen molar-refractivity contribution in [2.24, 2.45) is 11.3 Å². The summed E-state index contributed by atoms with van der Waals surface area (Å²) in [7, 11) is 0. The number of nitrogens with one attached hydrogen (secondary N) is 2. The Bertz CT molecular complexity index is 1410. The van der Waals surface area contributed by atoms with Crippen LogP contribution < -0.4 is 15.5 Å². The quantitative estimate of drug-likeness (QED) is 0.326. The van der Waals surface area contributed by atoms with Crippen LogP contribution in [-0.2, 0) is 6.42 Å². The van der Waals surface area contributed by atoms with Gasteiger partial charge in [0.25, 0.3) is 0 Å². The van der Waals surface area contributed by atoms with Gasteiger partial charge in [-0.3, -0.25) is 0 Å². The van der Waals surface area contributed by atoms with E-state index in [0.29, 0.717) is 11.9 Å². The van der Waals surface area contributed by atoms with Crippen LogP contribution in [0.3, 0.4) is 0 Å². The van der Waals surface area contributed by atoms with E-state index < -0.39 is 0 Å². The molecular formula is C28H32N8. The maximum atomic E-state index is 4.92. The van der Waals surface area contributed by atoms with Crippen molar-refractivity contribution < 1.29 is 0 Å². The monoisotopic (exact) mass is 480 g/mol. The van der Waals surface area contributed by atoms with Gasteiger partial charge in [0.05, 0.1) is 0 Å². The number of rotatable bonds is 7. The summed E-state index contributed by atoms with van der Waals surface area (Å²) in [4.78, 5) is 21.3. The molecule has 2 N–H and O–H groups in total. The highest BCUT2D eigenvalue weighted by atomic mass is 15.3.